The van der Waals surface area contributed by atoms with E-state index in [1.165, 1.54) is 12.8 Å². The first-order valence-corrected chi connectivity index (χ1v) is 10.8. The fourth-order valence-corrected chi connectivity index (χ4v) is 5.05. The molecule has 2 aliphatic rings. The quantitative estimate of drug-likeness (QED) is 0.832. The van der Waals surface area contributed by atoms with Crippen LogP contribution in [0.2, 0.25) is 0 Å². The highest BCUT2D eigenvalue weighted by molar-refractivity contribution is 5.97. The summed E-state index contributed by atoms with van der Waals surface area (Å²) in [4.78, 5) is 32.8. The molecule has 1 saturated heterocycles. The first kappa shape index (κ1) is 19.2. The van der Waals surface area contributed by atoms with Crippen molar-refractivity contribution >= 4 is 16.9 Å². The Bertz CT molecular complexity index is 894. The zero-order valence-corrected chi connectivity index (χ0v) is 17.1. The number of benzene rings is 1. The zero-order chi connectivity index (χ0) is 19.7. The number of likely N-dealkylation sites (tertiary alicyclic amines) is 1. The second-order valence-corrected chi connectivity index (χ2v) is 8.64. The third-order valence-corrected chi connectivity index (χ3v) is 6.40. The van der Waals surface area contributed by atoms with Crippen LogP contribution in [0.4, 0.5) is 0 Å². The monoisotopic (exact) mass is 384 g/mol. The maximum absolute atomic E-state index is 13.0. The number of imidazole rings is 1. The van der Waals surface area contributed by atoms with E-state index >= 15 is 0 Å². The van der Waals surface area contributed by atoms with E-state index in [2.05, 4.69) is 23.9 Å². The molecule has 1 atom stereocenters. The normalized spacial score (nSPS) is 20.7. The van der Waals surface area contributed by atoms with Crippen LogP contribution in [-0.2, 0) is 0 Å². The largest absolute Gasteiger partial charge is 0.338 e. The first-order valence-electron chi connectivity index (χ1n) is 10.8. The predicted octanol–water partition coefficient (Wildman–Crippen LogP) is 3.25. The van der Waals surface area contributed by atoms with Crippen molar-refractivity contribution in [2.24, 2.45) is 5.92 Å². The average molecular weight is 385 g/mol. The van der Waals surface area contributed by atoms with Crippen LogP contribution in [-0.4, -0.2) is 58.5 Å². The summed E-state index contributed by atoms with van der Waals surface area (Å²) in [6.45, 7) is 5.99. The van der Waals surface area contributed by atoms with Crippen LogP contribution < -0.4 is 5.69 Å². The minimum atomic E-state index is -0.0494. The Balaban J connectivity index is 1.48. The van der Waals surface area contributed by atoms with E-state index < -0.39 is 0 Å². The standard InChI is InChI=1S/C22H32N4O2/c1-3-11-24(2)14-16-10-12-25(15-16)21(27)17-8-9-20-19(13-17)23-22(28)26(20)18-6-4-5-7-18/h8-9,13,16,18H,3-7,10-12,14-15H2,1-2H3,(H,23,28). The minimum Gasteiger partial charge on any atom is -0.338 e. The van der Waals surface area contributed by atoms with E-state index in [4.69, 9.17) is 0 Å². The van der Waals surface area contributed by atoms with Crippen molar-refractivity contribution < 1.29 is 4.79 Å². The second kappa shape index (κ2) is 8.11. The number of hydrogen-bond donors (Lipinski definition) is 1. The molecule has 2 fully saturated rings. The Hall–Kier alpha value is -2.08. The highest BCUT2D eigenvalue weighted by Crippen LogP contribution is 2.31. The molecule has 1 aliphatic carbocycles. The fraction of sp³-hybridized carbons (Fsp3) is 0.636. The molecular formula is C22H32N4O2. The van der Waals surface area contributed by atoms with Crippen molar-refractivity contribution in [3.63, 3.8) is 0 Å². The molecule has 0 radical (unpaired) electrons. The molecule has 1 aliphatic heterocycles. The van der Waals surface area contributed by atoms with E-state index in [-0.39, 0.29) is 11.6 Å². The number of fused-ring (bicyclic) bond motifs is 1. The summed E-state index contributed by atoms with van der Waals surface area (Å²) in [6.07, 6.45) is 6.72. The lowest BCUT2D eigenvalue weighted by Gasteiger charge is -2.21. The van der Waals surface area contributed by atoms with Crippen LogP contribution in [0.1, 0.15) is 61.8 Å². The van der Waals surface area contributed by atoms with Gasteiger partial charge in [0.2, 0.25) is 0 Å². The maximum atomic E-state index is 13.0. The number of amides is 1. The molecule has 2 aromatic rings. The van der Waals surface area contributed by atoms with Gasteiger partial charge in [-0.15, -0.1) is 0 Å². The average Bonchev–Trinajstić information content (AvgIpc) is 3.39. The Labute approximate surface area is 166 Å². The van der Waals surface area contributed by atoms with Gasteiger partial charge in [-0.1, -0.05) is 19.8 Å². The van der Waals surface area contributed by atoms with Crippen molar-refractivity contribution in [1.82, 2.24) is 19.4 Å². The second-order valence-electron chi connectivity index (χ2n) is 8.64. The van der Waals surface area contributed by atoms with Gasteiger partial charge in [0, 0.05) is 31.2 Å². The number of nitrogens with one attached hydrogen (secondary N) is 1. The van der Waals surface area contributed by atoms with Gasteiger partial charge in [-0.25, -0.2) is 4.79 Å². The van der Waals surface area contributed by atoms with Gasteiger partial charge >= 0.3 is 5.69 Å². The smallest absolute Gasteiger partial charge is 0.326 e. The molecular weight excluding hydrogens is 352 g/mol. The van der Waals surface area contributed by atoms with E-state index in [0.717, 1.165) is 62.9 Å². The van der Waals surface area contributed by atoms with Crippen LogP contribution in [0.3, 0.4) is 0 Å². The van der Waals surface area contributed by atoms with E-state index in [1.54, 1.807) is 0 Å². The first-order chi connectivity index (χ1) is 13.6. The zero-order valence-electron chi connectivity index (χ0n) is 17.1. The molecule has 1 amide bonds. The van der Waals surface area contributed by atoms with Gasteiger partial charge in [-0.3, -0.25) is 9.36 Å². The number of aromatic nitrogens is 2. The summed E-state index contributed by atoms with van der Waals surface area (Å²) >= 11 is 0. The SMILES string of the molecule is CCCN(C)CC1CCN(C(=O)c2ccc3c(c2)[nH]c(=O)n3C2CCCC2)C1. The Kier molecular flexibility index (Phi) is 5.58. The van der Waals surface area contributed by atoms with Gasteiger partial charge in [0.15, 0.2) is 0 Å². The Morgan fingerprint density at radius 3 is 2.79 bits per heavy atom. The van der Waals surface area contributed by atoms with Gasteiger partial charge in [0.1, 0.15) is 0 Å². The molecule has 152 valence electrons. The van der Waals surface area contributed by atoms with Gasteiger partial charge in [-0.2, -0.15) is 0 Å². The predicted molar refractivity (Wildman–Crippen MR) is 112 cm³/mol. The highest BCUT2D eigenvalue weighted by atomic mass is 16.2. The summed E-state index contributed by atoms with van der Waals surface area (Å²) in [6, 6.07) is 5.99. The summed E-state index contributed by atoms with van der Waals surface area (Å²) in [5, 5.41) is 0. The maximum Gasteiger partial charge on any atom is 0.326 e. The molecule has 6 heteroatoms. The number of aromatic amines is 1. The highest BCUT2D eigenvalue weighted by Gasteiger charge is 2.28. The molecule has 1 aromatic carbocycles. The Morgan fingerprint density at radius 1 is 1.25 bits per heavy atom. The van der Waals surface area contributed by atoms with Crippen LogP contribution in [0.25, 0.3) is 11.0 Å². The summed E-state index contributed by atoms with van der Waals surface area (Å²) in [5.74, 6) is 0.629. The molecule has 1 aromatic heterocycles. The topological polar surface area (TPSA) is 61.3 Å². The van der Waals surface area contributed by atoms with Gasteiger partial charge in [0.05, 0.1) is 11.0 Å². The summed E-state index contributed by atoms with van der Waals surface area (Å²) in [7, 11) is 2.16. The lowest BCUT2D eigenvalue weighted by atomic mass is 10.1. The molecule has 1 unspecified atom stereocenters. The Morgan fingerprint density at radius 2 is 2.04 bits per heavy atom. The third kappa shape index (κ3) is 3.75. The minimum absolute atomic E-state index is 0.0494. The van der Waals surface area contributed by atoms with Crippen LogP contribution >= 0.6 is 0 Å². The fourth-order valence-electron chi connectivity index (χ4n) is 5.05. The van der Waals surface area contributed by atoms with Crippen LogP contribution in [0, 0.1) is 5.92 Å². The molecule has 6 nitrogen and oxygen atoms in total. The molecule has 4 rings (SSSR count). The molecule has 2 heterocycles. The lowest BCUT2D eigenvalue weighted by molar-refractivity contribution is 0.0784. The summed E-state index contributed by atoms with van der Waals surface area (Å²) in [5.41, 5.74) is 2.33. The molecule has 0 bridgehead atoms. The van der Waals surface area contributed by atoms with Crippen LogP contribution in [0.5, 0.6) is 0 Å². The van der Waals surface area contributed by atoms with E-state index in [9.17, 15) is 9.59 Å². The molecule has 1 saturated carbocycles. The van der Waals surface area contributed by atoms with Gasteiger partial charge in [0.25, 0.3) is 5.91 Å². The number of hydrogen-bond acceptors (Lipinski definition) is 3. The molecule has 28 heavy (non-hydrogen) atoms. The lowest BCUT2D eigenvalue weighted by Crippen LogP contribution is -2.31. The van der Waals surface area contributed by atoms with Crippen molar-refractivity contribution in [3.8, 4) is 0 Å². The van der Waals surface area contributed by atoms with Crippen molar-refractivity contribution in [1.29, 1.82) is 0 Å². The number of carbonyl (C=O) groups is 1. The molecule has 0 spiro atoms. The van der Waals surface area contributed by atoms with E-state index in [1.807, 2.05) is 27.7 Å². The van der Waals surface area contributed by atoms with Gasteiger partial charge < -0.3 is 14.8 Å². The number of H-pyrrole nitrogens is 1. The third-order valence-electron chi connectivity index (χ3n) is 6.40. The van der Waals surface area contributed by atoms with Crippen molar-refractivity contribution in [2.75, 3.05) is 33.2 Å². The number of rotatable bonds is 6. The number of carbonyl (C=O) groups excluding carboxylic acids is 1. The molecule has 1 N–H and O–H groups in total. The van der Waals surface area contributed by atoms with Crippen molar-refractivity contribution in [3.05, 3.63) is 34.2 Å². The van der Waals surface area contributed by atoms with Crippen LogP contribution in [0.15, 0.2) is 23.0 Å². The van der Waals surface area contributed by atoms with Gasteiger partial charge in [-0.05, 0) is 63.4 Å². The summed E-state index contributed by atoms with van der Waals surface area (Å²) < 4.78 is 1.89. The van der Waals surface area contributed by atoms with Crippen molar-refractivity contribution in [2.45, 2.75) is 51.5 Å². The van der Waals surface area contributed by atoms with E-state index in [0.29, 0.717) is 17.5 Å². The number of nitrogens with zero attached hydrogens (tertiary/aromatic N) is 3.